The van der Waals surface area contributed by atoms with E-state index in [0.717, 1.165) is 18.4 Å². The summed E-state index contributed by atoms with van der Waals surface area (Å²) in [4.78, 5) is 12.0. The van der Waals surface area contributed by atoms with Gasteiger partial charge in [-0.05, 0) is 26.2 Å². The van der Waals surface area contributed by atoms with Crippen molar-refractivity contribution in [2.75, 3.05) is 6.61 Å². The molecular weight excluding hydrogens is 368 g/mol. The minimum absolute atomic E-state index is 0.113. The Balaban J connectivity index is 3.41. The molecule has 0 spiro atoms. The van der Waals surface area contributed by atoms with Crippen molar-refractivity contribution in [3.8, 4) is 0 Å². The van der Waals surface area contributed by atoms with E-state index >= 15 is 0 Å². The topological polar surface area (TPSA) is 26.3 Å². The van der Waals surface area contributed by atoms with Crippen LogP contribution in [0.25, 0.3) is 0 Å². The lowest BCUT2D eigenvalue weighted by Crippen LogP contribution is -2.07. The Hall–Kier alpha value is -0.790. The molecule has 0 aromatic rings. The van der Waals surface area contributed by atoms with E-state index in [1.54, 1.807) is 0 Å². The molecule has 0 heterocycles. The predicted molar refractivity (Wildman–Crippen MR) is 133 cm³/mol. The van der Waals surface area contributed by atoms with E-state index < -0.39 is 0 Å². The van der Waals surface area contributed by atoms with Crippen molar-refractivity contribution < 1.29 is 9.53 Å². The molecule has 2 nitrogen and oxygen atoms in total. The molecule has 0 radical (unpaired) electrons. The number of hydrogen-bond donors (Lipinski definition) is 0. The highest BCUT2D eigenvalue weighted by Gasteiger charge is 2.04. The molecule has 30 heavy (non-hydrogen) atoms. The summed E-state index contributed by atoms with van der Waals surface area (Å²) in [6, 6.07) is 0. The second-order valence-corrected chi connectivity index (χ2v) is 9.18. The zero-order valence-corrected chi connectivity index (χ0v) is 21.0. The normalized spacial score (nSPS) is 11.8. The van der Waals surface area contributed by atoms with Gasteiger partial charge in [-0.2, -0.15) is 0 Å². The first-order valence-electron chi connectivity index (χ1n) is 13.6. The van der Waals surface area contributed by atoms with E-state index in [4.69, 9.17) is 4.74 Å². The van der Waals surface area contributed by atoms with Crippen LogP contribution in [-0.2, 0) is 9.53 Å². The van der Waals surface area contributed by atoms with Crippen LogP contribution in [0.15, 0.2) is 11.6 Å². The van der Waals surface area contributed by atoms with E-state index in [1.165, 1.54) is 122 Å². The minimum atomic E-state index is -0.113. The third kappa shape index (κ3) is 21.9. The lowest BCUT2D eigenvalue weighted by molar-refractivity contribution is -0.139. The highest BCUT2D eigenvalue weighted by Crippen LogP contribution is 2.13. The smallest absolute Gasteiger partial charge is 0.333 e. The first-order chi connectivity index (χ1) is 14.7. The number of esters is 1. The van der Waals surface area contributed by atoms with Gasteiger partial charge in [0.25, 0.3) is 0 Å². The zero-order chi connectivity index (χ0) is 22.1. The van der Waals surface area contributed by atoms with Gasteiger partial charge in [-0.15, -0.1) is 0 Å². The lowest BCUT2D eigenvalue weighted by Gasteiger charge is -2.06. The zero-order valence-electron chi connectivity index (χ0n) is 21.0. The molecule has 0 aromatic heterocycles. The third-order valence-electron chi connectivity index (χ3n) is 6.06. The van der Waals surface area contributed by atoms with Crippen LogP contribution in [0.5, 0.6) is 0 Å². The molecule has 2 heteroatoms. The van der Waals surface area contributed by atoms with Crippen molar-refractivity contribution in [3.05, 3.63) is 11.6 Å². The monoisotopic (exact) mass is 422 g/mol. The van der Waals surface area contributed by atoms with Gasteiger partial charge in [0.1, 0.15) is 0 Å². The summed E-state index contributed by atoms with van der Waals surface area (Å²) >= 11 is 0. The molecule has 0 amide bonds. The summed E-state index contributed by atoms with van der Waals surface area (Å²) in [5, 5.41) is 0. The largest absolute Gasteiger partial charge is 0.462 e. The molecule has 0 atom stereocenters. The molecule has 0 bridgehead atoms. The van der Waals surface area contributed by atoms with Crippen LogP contribution in [0.1, 0.15) is 156 Å². The van der Waals surface area contributed by atoms with Crippen LogP contribution in [-0.4, -0.2) is 12.6 Å². The quantitative estimate of drug-likeness (QED) is 0.0930. The maximum Gasteiger partial charge on any atom is 0.333 e. The number of rotatable bonds is 23. The van der Waals surface area contributed by atoms with E-state index in [0.29, 0.717) is 6.61 Å². The fourth-order valence-corrected chi connectivity index (χ4v) is 3.90. The second-order valence-electron chi connectivity index (χ2n) is 9.18. The lowest BCUT2D eigenvalue weighted by atomic mass is 10.1. The molecule has 0 saturated carbocycles. The Morgan fingerprint density at radius 3 is 1.37 bits per heavy atom. The molecule has 0 aliphatic carbocycles. The average molecular weight is 423 g/mol. The van der Waals surface area contributed by atoms with Crippen LogP contribution in [0.2, 0.25) is 0 Å². The number of carbonyl (C=O) groups excluding carboxylic acids is 1. The highest BCUT2D eigenvalue weighted by molar-refractivity contribution is 5.87. The number of carbonyl (C=O) groups is 1. The first kappa shape index (κ1) is 29.2. The third-order valence-corrected chi connectivity index (χ3v) is 6.06. The Morgan fingerprint density at radius 1 is 0.567 bits per heavy atom. The maximum absolute atomic E-state index is 12.0. The van der Waals surface area contributed by atoms with Crippen molar-refractivity contribution >= 4 is 5.97 Å². The van der Waals surface area contributed by atoms with Crippen molar-refractivity contribution in [1.29, 1.82) is 0 Å². The predicted octanol–water partition coefficient (Wildman–Crippen LogP) is 9.71. The van der Waals surface area contributed by atoms with E-state index in [2.05, 4.69) is 19.9 Å². The van der Waals surface area contributed by atoms with Crippen LogP contribution >= 0.6 is 0 Å². The Bertz CT molecular complexity index is 386. The Labute approximate surface area is 189 Å². The summed E-state index contributed by atoms with van der Waals surface area (Å²) in [5.74, 6) is -0.113. The number of hydrogen-bond acceptors (Lipinski definition) is 2. The fourth-order valence-electron chi connectivity index (χ4n) is 3.90. The van der Waals surface area contributed by atoms with Gasteiger partial charge in [-0.3, -0.25) is 0 Å². The minimum Gasteiger partial charge on any atom is -0.462 e. The van der Waals surface area contributed by atoms with Crippen molar-refractivity contribution in [3.63, 3.8) is 0 Å². The highest BCUT2D eigenvalue weighted by atomic mass is 16.5. The second kappa shape index (κ2) is 24.5. The van der Waals surface area contributed by atoms with Gasteiger partial charge in [0.05, 0.1) is 6.61 Å². The maximum atomic E-state index is 12.0. The molecule has 0 aliphatic rings. The van der Waals surface area contributed by atoms with E-state index in [1.807, 2.05) is 6.92 Å². The average Bonchev–Trinajstić information content (AvgIpc) is 2.75. The fraction of sp³-hybridized carbons (Fsp3) is 0.893. The van der Waals surface area contributed by atoms with Gasteiger partial charge in [-0.25, -0.2) is 4.79 Å². The van der Waals surface area contributed by atoms with Gasteiger partial charge < -0.3 is 4.74 Å². The molecule has 0 N–H and O–H groups in total. The van der Waals surface area contributed by atoms with Crippen LogP contribution in [0.3, 0.4) is 0 Å². The van der Waals surface area contributed by atoms with Crippen LogP contribution in [0, 0.1) is 0 Å². The van der Waals surface area contributed by atoms with Crippen LogP contribution < -0.4 is 0 Å². The van der Waals surface area contributed by atoms with Crippen LogP contribution in [0.4, 0.5) is 0 Å². The molecular formula is C28H54O2. The summed E-state index contributed by atoms with van der Waals surface area (Å²) in [5.41, 5.74) is 0.790. The molecule has 0 unspecified atom stereocenters. The molecule has 0 aliphatic heterocycles. The number of ether oxygens (including phenoxy) is 1. The van der Waals surface area contributed by atoms with Crippen molar-refractivity contribution in [1.82, 2.24) is 0 Å². The molecule has 178 valence electrons. The number of allylic oxidation sites excluding steroid dienone is 1. The van der Waals surface area contributed by atoms with Gasteiger partial charge >= 0.3 is 5.97 Å². The SMILES string of the molecule is CCCCCCCCCCCCC=C(C)C(=O)OCCCCCCCCCCCC. The summed E-state index contributed by atoms with van der Waals surface area (Å²) < 4.78 is 5.42. The Morgan fingerprint density at radius 2 is 0.933 bits per heavy atom. The van der Waals surface area contributed by atoms with Gasteiger partial charge in [0.2, 0.25) is 0 Å². The molecule has 0 aromatic carbocycles. The van der Waals surface area contributed by atoms with E-state index in [-0.39, 0.29) is 5.97 Å². The van der Waals surface area contributed by atoms with Gasteiger partial charge in [-0.1, -0.05) is 135 Å². The summed E-state index contributed by atoms with van der Waals surface area (Å²) in [7, 11) is 0. The first-order valence-corrected chi connectivity index (χ1v) is 13.6. The Kier molecular flexibility index (Phi) is 23.8. The molecule has 0 saturated heterocycles. The van der Waals surface area contributed by atoms with Crippen molar-refractivity contribution in [2.45, 2.75) is 156 Å². The molecule has 0 rings (SSSR count). The standard InChI is InChI=1S/C28H54O2/c1-4-6-8-10-12-14-16-17-19-21-23-25-27(3)28(29)30-26-24-22-20-18-15-13-11-9-7-5-2/h25H,4-24,26H2,1-3H3. The van der Waals surface area contributed by atoms with E-state index in [9.17, 15) is 4.79 Å². The molecule has 0 fully saturated rings. The van der Waals surface area contributed by atoms with Gasteiger partial charge in [0, 0.05) is 5.57 Å². The number of unbranched alkanes of at least 4 members (excludes halogenated alkanes) is 19. The van der Waals surface area contributed by atoms with Crippen molar-refractivity contribution in [2.24, 2.45) is 0 Å². The van der Waals surface area contributed by atoms with Gasteiger partial charge in [0.15, 0.2) is 0 Å². The summed E-state index contributed by atoms with van der Waals surface area (Å²) in [6.45, 7) is 7.02. The summed E-state index contributed by atoms with van der Waals surface area (Å²) in [6.07, 6.45) is 29.7.